The molecule has 2 aromatic rings. The van der Waals surface area contributed by atoms with Crippen LogP contribution >= 0.6 is 43.2 Å². The zero-order valence-electron chi connectivity index (χ0n) is 7.54. The molecule has 0 N–H and O–H groups in total. The maximum Gasteiger partial charge on any atom is 0.204 e. The van der Waals surface area contributed by atoms with Crippen LogP contribution in [0.2, 0.25) is 0 Å². The van der Waals surface area contributed by atoms with Gasteiger partial charge < -0.3 is 0 Å². The molecule has 4 heteroatoms. The summed E-state index contributed by atoms with van der Waals surface area (Å²) in [4.78, 5) is 12.8. The fourth-order valence-electron chi connectivity index (χ4n) is 1.19. The molecule has 15 heavy (non-hydrogen) atoms. The minimum absolute atomic E-state index is 0.0596. The van der Waals surface area contributed by atoms with Crippen LogP contribution in [0.4, 0.5) is 0 Å². The first-order valence-corrected chi connectivity index (χ1v) is 6.68. The van der Waals surface area contributed by atoms with Gasteiger partial charge in [-0.2, -0.15) is 0 Å². The SMILES string of the molecule is O=C(c1ccc(Br)cc1)c1sccc1Br. The van der Waals surface area contributed by atoms with E-state index in [0.29, 0.717) is 5.56 Å². The molecule has 0 bridgehead atoms. The van der Waals surface area contributed by atoms with Gasteiger partial charge in [0.25, 0.3) is 0 Å². The molecule has 0 saturated heterocycles. The fraction of sp³-hybridized carbons (Fsp3) is 0. The smallest absolute Gasteiger partial charge is 0.204 e. The van der Waals surface area contributed by atoms with Gasteiger partial charge in [-0.3, -0.25) is 4.79 Å². The summed E-state index contributed by atoms with van der Waals surface area (Å²) in [6, 6.07) is 9.26. The first-order valence-electron chi connectivity index (χ1n) is 4.22. The van der Waals surface area contributed by atoms with E-state index in [2.05, 4.69) is 31.9 Å². The summed E-state index contributed by atoms with van der Waals surface area (Å²) in [7, 11) is 0. The Balaban J connectivity index is 2.37. The number of carbonyl (C=O) groups excluding carboxylic acids is 1. The molecule has 1 heterocycles. The first kappa shape index (κ1) is 11.0. The Labute approximate surface area is 108 Å². The predicted molar refractivity (Wildman–Crippen MR) is 69.6 cm³/mol. The zero-order valence-corrected chi connectivity index (χ0v) is 11.5. The third-order valence-electron chi connectivity index (χ3n) is 1.93. The van der Waals surface area contributed by atoms with E-state index >= 15 is 0 Å². The summed E-state index contributed by atoms with van der Waals surface area (Å²) in [5.41, 5.74) is 0.710. The molecule has 0 atom stereocenters. The third-order valence-corrected chi connectivity index (χ3v) is 4.29. The molecule has 0 aliphatic heterocycles. The number of benzene rings is 1. The van der Waals surface area contributed by atoms with Crippen molar-refractivity contribution in [1.29, 1.82) is 0 Å². The number of rotatable bonds is 2. The van der Waals surface area contributed by atoms with E-state index in [1.54, 1.807) is 0 Å². The van der Waals surface area contributed by atoms with E-state index in [1.165, 1.54) is 11.3 Å². The largest absolute Gasteiger partial charge is 0.288 e. The second-order valence-corrected chi connectivity index (χ2v) is 5.62. The van der Waals surface area contributed by atoms with Crippen molar-refractivity contribution in [2.45, 2.75) is 0 Å². The highest BCUT2D eigenvalue weighted by Gasteiger charge is 2.13. The summed E-state index contributed by atoms with van der Waals surface area (Å²) in [5, 5.41) is 1.90. The van der Waals surface area contributed by atoms with Gasteiger partial charge in [-0.25, -0.2) is 0 Å². The van der Waals surface area contributed by atoms with Crippen LogP contribution in [-0.4, -0.2) is 5.78 Å². The predicted octanol–water partition coefficient (Wildman–Crippen LogP) is 4.50. The van der Waals surface area contributed by atoms with E-state index in [4.69, 9.17) is 0 Å². The van der Waals surface area contributed by atoms with Gasteiger partial charge in [0.15, 0.2) is 0 Å². The molecular formula is C11H6Br2OS. The van der Waals surface area contributed by atoms with Crippen LogP contribution in [0.25, 0.3) is 0 Å². The third kappa shape index (κ3) is 2.38. The molecule has 0 unspecified atom stereocenters. The van der Waals surface area contributed by atoms with Crippen molar-refractivity contribution in [2.24, 2.45) is 0 Å². The zero-order chi connectivity index (χ0) is 10.8. The molecule has 0 aliphatic carbocycles. The van der Waals surface area contributed by atoms with Gasteiger partial charge in [0, 0.05) is 14.5 Å². The number of carbonyl (C=O) groups is 1. The lowest BCUT2D eigenvalue weighted by Crippen LogP contribution is -1.98. The van der Waals surface area contributed by atoms with Crippen LogP contribution in [0.5, 0.6) is 0 Å². The molecule has 76 valence electrons. The lowest BCUT2D eigenvalue weighted by molar-refractivity contribution is 0.104. The number of halogens is 2. The van der Waals surface area contributed by atoms with Crippen molar-refractivity contribution < 1.29 is 4.79 Å². The minimum Gasteiger partial charge on any atom is -0.288 e. The van der Waals surface area contributed by atoms with Crippen LogP contribution in [0.1, 0.15) is 15.2 Å². The Kier molecular flexibility index (Phi) is 3.38. The summed E-state index contributed by atoms with van der Waals surface area (Å²) in [6.45, 7) is 0. The topological polar surface area (TPSA) is 17.1 Å². The second kappa shape index (κ2) is 4.60. The summed E-state index contributed by atoms with van der Waals surface area (Å²) in [5.74, 6) is 0.0596. The van der Waals surface area contributed by atoms with Crippen LogP contribution < -0.4 is 0 Å². The van der Waals surface area contributed by atoms with E-state index in [-0.39, 0.29) is 5.78 Å². The van der Waals surface area contributed by atoms with E-state index < -0.39 is 0 Å². The molecular weight excluding hydrogens is 340 g/mol. The van der Waals surface area contributed by atoms with Crippen LogP contribution in [0.15, 0.2) is 44.7 Å². The Morgan fingerprint density at radius 1 is 1.07 bits per heavy atom. The number of hydrogen-bond donors (Lipinski definition) is 0. The standard InChI is InChI=1S/C11H6Br2OS/c12-8-3-1-7(2-4-8)10(14)11-9(13)5-6-15-11/h1-6H. The summed E-state index contributed by atoms with van der Waals surface area (Å²) in [6.07, 6.45) is 0. The molecule has 1 aromatic heterocycles. The normalized spacial score (nSPS) is 10.3. The molecule has 0 amide bonds. The average Bonchev–Trinajstić information content (AvgIpc) is 2.65. The number of hydrogen-bond acceptors (Lipinski definition) is 2. The van der Waals surface area contributed by atoms with Crippen molar-refractivity contribution in [3.8, 4) is 0 Å². The maximum atomic E-state index is 12.0. The fourth-order valence-corrected chi connectivity index (χ4v) is 2.97. The lowest BCUT2D eigenvalue weighted by atomic mass is 10.1. The van der Waals surface area contributed by atoms with Crippen molar-refractivity contribution in [3.63, 3.8) is 0 Å². The van der Waals surface area contributed by atoms with Crippen molar-refractivity contribution in [1.82, 2.24) is 0 Å². The van der Waals surface area contributed by atoms with Gasteiger partial charge >= 0.3 is 0 Å². The molecule has 0 radical (unpaired) electrons. The van der Waals surface area contributed by atoms with Crippen LogP contribution in [0.3, 0.4) is 0 Å². The molecule has 0 spiro atoms. The molecule has 2 rings (SSSR count). The van der Waals surface area contributed by atoms with Gasteiger partial charge in [-0.15, -0.1) is 11.3 Å². The van der Waals surface area contributed by atoms with E-state index in [9.17, 15) is 4.79 Å². The summed E-state index contributed by atoms with van der Waals surface area (Å²) < 4.78 is 1.84. The average molecular weight is 346 g/mol. The molecule has 1 aromatic carbocycles. The monoisotopic (exact) mass is 344 g/mol. The summed E-state index contributed by atoms with van der Waals surface area (Å²) >= 11 is 8.15. The highest BCUT2D eigenvalue weighted by atomic mass is 79.9. The van der Waals surface area contributed by atoms with Crippen molar-refractivity contribution in [3.05, 3.63) is 55.1 Å². The lowest BCUT2D eigenvalue weighted by Gasteiger charge is -1.99. The van der Waals surface area contributed by atoms with Crippen molar-refractivity contribution in [2.75, 3.05) is 0 Å². The van der Waals surface area contributed by atoms with Gasteiger partial charge in [0.05, 0.1) is 4.88 Å². The number of thiophene rings is 1. The van der Waals surface area contributed by atoms with Gasteiger partial charge in [-0.05, 0) is 51.6 Å². The van der Waals surface area contributed by atoms with Crippen LogP contribution in [0, 0.1) is 0 Å². The molecule has 1 nitrogen and oxygen atoms in total. The Morgan fingerprint density at radius 2 is 1.73 bits per heavy atom. The van der Waals surface area contributed by atoms with E-state index in [1.807, 2.05) is 35.7 Å². The number of ketones is 1. The quantitative estimate of drug-likeness (QED) is 0.732. The Morgan fingerprint density at radius 3 is 2.27 bits per heavy atom. The van der Waals surface area contributed by atoms with Gasteiger partial charge in [0.1, 0.15) is 0 Å². The highest BCUT2D eigenvalue weighted by molar-refractivity contribution is 9.10. The first-order chi connectivity index (χ1) is 7.18. The minimum atomic E-state index is 0.0596. The Bertz CT molecular complexity index is 488. The second-order valence-electron chi connectivity index (χ2n) is 2.93. The van der Waals surface area contributed by atoms with Crippen molar-refractivity contribution >= 4 is 49.0 Å². The highest BCUT2D eigenvalue weighted by Crippen LogP contribution is 2.25. The van der Waals surface area contributed by atoms with E-state index in [0.717, 1.165) is 13.8 Å². The molecule has 0 fully saturated rings. The maximum absolute atomic E-state index is 12.0. The molecule has 0 aliphatic rings. The molecule has 0 saturated carbocycles. The van der Waals surface area contributed by atoms with Gasteiger partial charge in [0.2, 0.25) is 5.78 Å². The van der Waals surface area contributed by atoms with Gasteiger partial charge in [-0.1, -0.05) is 15.9 Å². The van der Waals surface area contributed by atoms with Crippen LogP contribution in [-0.2, 0) is 0 Å². The Hall–Kier alpha value is -0.450.